The van der Waals surface area contributed by atoms with Gasteiger partial charge in [-0.2, -0.15) is 0 Å². The van der Waals surface area contributed by atoms with Gasteiger partial charge < -0.3 is 24.0 Å². The Morgan fingerprint density at radius 3 is 2.18 bits per heavy atom. The zero-order chi connectivity index (χ0) is 24.3. The lowest BCUT2D eigenvalue weighted by atomic mass is 9.78. The Morgan fingerprint density at radius 1 is 1.06 bits per heavy atom. The number of nitrogens with zero attached hydrogens (tertiary/aromatic N) is 2. The van der Waals surface area contributed by atoms with Crippen LogP contribution in [0.1, 0.15) is 60.6 Å². The van der Waals surface area contributed by atoms with E-state index in [4.69, 9.17) is 14.2 Å². The van der Waals surface area contributed by atoms with E-state index in [1.807, 2.05) is 58.2 Å². The first kappa shape index (κ1) is 24.4. The summed E-state index contributed by atoms with van der Waals surface area (Å²) in [7, 11) is 6.47. The Kier molecular flexibility index (Phi) is 7.51. The quantitative estimate of drug-likeness (QED) is 0.596. The van der Waals surface area contributed by atoms with Crippen molar-refractivity contribution in [2.45, 2.75) is 45.2 Å². The molecule has 0 aromatic heterocycles. The van der Waals surface area contributed by atoms with Gasteiger partial charge in [-0.3, -0.25) is 9.59 Å². The smallest absolute Gasteiger partial charge is 0.254 e. The van der Waals surface area contributed by atoms with Crippen LogP contribution >= 0.6 is 0 Å². The van der Waals surface area contributed by atoms with Crippen LogP contribution in [0.15, 0.2) is 36.4 Å². The van der Waals surface area contributed by atoms with E-state index in [0.29, 0.717) is 29.4 Å². The lowest BCUT2D eigenvalue weighted by molar-refractivity contribution is -0.134. The molecular weight excluding hydrogens is 420 g/mol. The second-order valence-electron chi connectivity index (χ2n) is 8.51. The third-order valence-corrected chi connectivity index (χ3v) is 6.32. The van der Waals surface area contributed by atoms with Gasteiger partial charge in [0.15, 0.2) is 11.5 Å². The molecule has 33 heavy (non-hydrogen) atoms. The Hall–Kier alpha value is -3.22. The van der Waals surface area contributed by atoms with Crippen LogP contribution in [0.4, 0.5) is 0 Å². The highest BCUT2D eigenvalue weighted by Crippen LogP contribution is 2.48. The first-order valence-corrected chi connectivity index (χ1v) is 11.3. The van der Waals surface area contributed by atoms with E-state index in [-0.39, 0.29) is 17.9 Å². The third kappa shape index (κ3) is 4.36. The van der Waals surface area contributed by atoms with Gasteiger partial charge in [0.05, 0.1) is 33.3 Å². The van der Waals surface area contributed by atoms with Crippen LogP contribution in [0.25, 0.3) is 0 Å². The van der Waals surface area contributed by atoms with Crippen LogP contribution in [0.2, 0.25) is 0 Å². The van der Waals surface area contributed by atoms with Crippen molar-refractivity contribution in [2.75, 3.05) is 34.9 Å². The van der Waals surface area contributed by atoms with Crippen LogP contribution in [0.5, 0.6) is 17.2 Å². The molecule has 1 aliphatic rings. The van der Waals surface area contributed by atoms with E-state index in [1.165, 1.54) is 0 Å². The van der Waals surface area contributed by atoms with Crippen LogP contribution in [0, 0.1) is 0 Å². The summed E-state index contributed by atoms with van der Waals surface area (Å²) >= 11 is 0. The average Bonchev–Trinajstić information content (AvgIpc) is 2.83. The second-order valence-corrected chi connectivity index (χ2v) is 8.51. The van der Waals surface area contributed by atoms with E-state index in [9.17, 15) is 9.59 Å². The molecule has 2 unspecified atom stereocenters. The van der Waals surface area contributed by atoms with Gasteiger partial charge in [-0.15, -0.1) is 0 Å². The molecule has 2 aromatic rings. The molecule has 7 heteroatoms. The summed E-state index contributed by atoms with van der Waals surface area (Å²) in [5.74, 6) is 0.749. The molecule has 0 fully saturated rings. The maximum Gasteiger partial charge on any atom is 0.254 e. The van der Waals surface area contributed by atoms with E-state index < -0.39 is 12.0 Å². The zero-order valence-electron chi connectivity index (χ0n) is 20.5. The molecule has 0 aliphatic carbocycles. The topological polar surface area (TPSA) is 68.3 Å². The predicted molar refractivity (Wildman–Crippen MR) is 127 cm³/mol. The maximum absolute atomic E-state index is 13.9. The minimum atomic E-state index is -0.569. The summed E-state index contributed by atoms with van der Waals surface area (Å²) in [6.45, 7) is 6.51. The third-order valence-electron chi connectivity index (χ3n) is 6.32. The van der Waals surface area contributed by atoms with Crippen molar-refractivity contribution in [3.8, 4) is 17.2 Å². The van der Waals surface area contributed by atoms with E-state index >= 15 is 0 Å². The summed E-state index contributed by atoms with van der Waals surface area (Å²) in [5, 5.41) is 0. The number of carbonyl (C=O) groups is 2. The molecule has 7 nitrogen and oxygen atoms in total. The fraction of sp³-hybridized carbons (Fsp3) is 0.462. The van der Waals surface area contributed by atoms with Gasteiger partial charge in [0, 0.05) is 25.2 Å². The molecule has 2 aromatic carbocycles. The predicted octanol–water partition coefficient (Wildman–Crippen LogP) is 4.27. The SMILES string of the molecule is CCCN1C(=O)c2ccccc2C(C(=O)N(C)C(C)C)C1c1cc(OC)c(OC)c(OC)c1. The lowest BCUT2D eigenvalue weighted by Crippen LogP contribution is -2.49. The monoisotopic (exact) mass is 454 g/mol. The fourth-order valence-electron chi connectivity index (χ4n) is 4.46. The summed E-state index contributed by atoms with van der Waals surface area (Å²) in [6, 6.07) is 10.6. The van der Waals surface area contributed by atoms with Gasteiger partial charge in [-0.25, -0.2) is 0 Å². The normalized spacial score (nSPS) is 17.6. The highest BCUT2D eigenvalue weighted by atomic mass is 16.5. The highest BCUT2D eigenvalue weighted by molar-refractivity contribution is 6.01. The fourth-order valence-corrected chi connectivity index (χ4v) is 4.46. The van der Waals surface area contributed by atoms with Crippen molar-refractivity contribution in [2.24, 2.45) is 0 Å². The van der Waals surface area contributed by atoms with Crippen molar-refractivity contribution < 1.29 is 23.8 Å². The van der Waals surface area contributed by atoms with E-state index in [0.717, 1.165) is 17.5 Å². The first-order chi connectivity index (χ1) is 15.8. The minimum absolute atomic E-state index is 0.0162. The average molecular weight is 455 g/mol. The number of hydrogen-bond acceptors (Lipinski definition) is 5. The molecule has 0 spiro atoms. The Bertz CT molecular complexity index is 994. The molecule has 178 valence electrons. The second kappa shape index (κ2) is 10.1. The number of benzene rings is 2. The molecular formula is C26H34N2O5. The van der Waals surface area contributed by atoms with Crippen molar-refractivity contribution in [3.05, 3.63) is 53.1 Å². The van der Waals surface area contributed by atoms with E-state index in [2.05, 4.69) is 0 Å². The van der Waals surface area contributed by atoms with Gasteiger partial charge >= 0.3 is 0 Å². The molecule has 0 radical (unpaired) electrons. The molecule has 0 N–H and O–H groups in total. The molecule has 0 bridgehead atoms. The van der Waals surface area contributed by atoms with Crippen LogP contribution in [0.3, 0.4) is 0 Å². The van der Waals surface area contributed by atoms with Crippen LogP contribution in [-0.2, 0) is 4.79 Å². The van der Waals surface area contributed by atoms with Crippen molar-refractivity contribution in [1.29, 1.82) is 0 Å². The van der Waals surface area contributed by atoms with Crippen molar-refractivity contribution >= 4 is 11.8 Å². The number of carbonyl (C=O) groups excluding carboxylic acids is 2. The van der Waals surface area contributed by atoms with Gasteiger partial charge in [-0.05, 0) is 49.6 Å². The Labute approximate surface area is 196 Å². The standard InChI is InChI=1S/C26H34N2O5/c1-8-13-28-23(17-14-20(31-5)24(33-7)21(15-17)32-6)22(26(30)27(4)16(2)3)18-11-9-10-12-19(18)25(28)29/h9-12,14-16,22-23H,8,13H2,1-7H3. The largest absolute Gasteiger partial charge is 0.493 e. The van der Waals surface area contributed by atoms with E-state index in [1.54, 1.807) is 37.2 Å². The Balaban J connectivity index is 2.31. The zero-order valence-corrected chi connectivity index (χ0v) is 20.5. The number of rotatable bonds is 8. The van der Waals surface area contributed by atoms with Crippen molar-refractivity contribution in [1.82, 2.24) is 9.80 Å². The number of fused-ring (bicyclic) bond motifs is 1. The number of amides is 2. The number of hydrogen-bond donors (Lipinski definition) is 0. The molecule has 0 saturated carbocycles. The maximum atomic E-state index is 13.9. The molecule has 0 saturated heterocycles. The number of likely N-dealkylation sites (N-methyl/N-ethyl adjacent to an activating group) is 1. The lowest BCUT2D eigenvalue weighted by Gasteiger charge is -2.43. The summed E-state index contributed by atoms with van der Waals surface area (Å²) < 4.78 is 16.6. The highest BCUT2D eigenvalue weighted by Gasteiger charge is 2.45. The first-order valence-electron chi connectivity index (χ1n) is 11.3. The molecule has 1 heterocycles. The van der Waals surface area contributed by atoms with Gasteiger partial charge in [-0.1, -0.05) is 25.1 Å². The van der Waals surface area contributed by atoms with Crippen LogP contribution in [-0.4, -0.2) is 62.6 Å². The molecule has 2 atom stereocenters. The van der Waals surface area contributed by atoms with Crippen molar-refractivity contribution in [3.63, 3.8) is 0 Å². The molecule has 1 aliphatic heterocycles. The van der Waals surface area contributed by atoms with Crippen LogP contribution < -0.4 is 14.2 Å². The number of methoxy groups -OCH3 is 3. The minimum Gasteiger partial charge on any atom is -0.493 e. The molecule has 2 amide bonds. The van der Waals surface area contributed by atoms with Gasteiger partial charge in [0.25, 0.3) is 5.91 Å². The summed E-state index contributed by atoms with van der Waals surface area (Å²) in [5.41, 5.74) is 2.08. The van der Waals surface area contributed by atoms with Gasteiger partial charge in [0.1, 0.15) is 0 Å². The molecule has 3 rings (SSSR count). The van der Waals surface area contributed by atoms with Gasteiger partial charge in [0.2, 0.25) is 11.7 Å². The summed E-state index contributed by atoms with van der Waals surface area (Å²) in [6.07, 6.45) is 0.760. The summed E-state index contributed by atoms with van der Waals surface area (Å²) in [4.78, 5) is 31.0. The number of ether oxygens (including phenoxy) is 3. The Morgan fingerprint density at radius 2 is 1.67 bits per heavy atom.